The van der Waals surface area contributed by atoms with Crippen LogP contribution in [0.5, 0.6) is 5.75 Å². The van der Waals surface area contributed by atoms with Gasteiger partial charge < -0.3 is 4.74 Å². The maximum Gasteiger partial charge on any atom is 0.269 e. The number of aliphatic imine (C=N–C) groups is 1. The molecular weight excluding hydrogens is 366 g/mol. The molecule has 0 aliphatic carbocycles. The molecule has 0 atom stereocenters. The monoisotopic (exact) mass is 383 g/mol. The molecule has 7 nitrogen and oxygen atoms in total. The van der Waals surface area contributed by atoms with E-state index in [-0.39, 0.29) is 18.2 Å². The molecule has 1 heterocycles. The van der Waals surface area contributed by atoms with E-state index in [1.54, 1.807) is 32.3 Å². The summed E-state index contributed by atoms with van der Waals surface area (Å²) in [6.07, 6.45) is 1.78. The van der Waals surface area contributed by atoms with E-state index in [9.17, 15) is 14.9 Å². The first-order chi connectivity index (χ1) is 13.0. The lowest BCUT2D eigenvalue weighted by molar-refractivity contribution is -0.384. The standard InChI is InChI=1S/C19H17N3O4S/c1-20-19-21(2)18(23)17(27-19)11-14-5-3-4-6-16(14)26-12-13-7-9-15(10-8-13)22(24)25/h3-11H,12H2,1-2H3/b17-11+,20-19?. The molecule has 27 heavy (non-hydrogen) atoms. The van der Waals surface area contributed by atoms with Gasteiger partial charge in [-0.1, -0.05) is 18.2 Å². The van der Waals surface area contributed by atoms with Crippen LogP contribution >= 0.6 is 11.8 Å². The van der Waals surface area contributed by atoms with Gasteiger partial charge in [0.1, 0.15) is 12.4 Å². The summed E-state index contributed by atoms with van der Waals surface area (Å²) >= 11 is 1.32. The Hall–Kier alpha value is -3.13. The molecule has 0 radical (unpaired) electrons. The second-order valence-corrected chi connectivity index (χ2v) is 6.74. The van der Waals surface area contributed by atoms with Crippen molar-refractivity contribution in [2.24, 2.45) is 4.99 Å². The topological polar surface area (TPSA) is 85.0 Å². The Morgan fingerprint density at radius 2 is 1.93 bits per heavy atom. The number of benzene rings is 2. The van der Waals surface area contributed by atoms with E-state index in [0.717, 1.165) is 11.1 Å². The smallest absolute Gasteiger partial charge is 0.269 e. The third-order valence-corrected chi connectivity index (χ3v) is 5.09. The molecule has 0 aromatic heterocycles. The number of carbonyl (C=O) groups is 1. The molecule has 8 heteroatoms. The van der Waals surface area contributed by atoms with Gasteiger partial charge >= 0.3 is 0 Å². The van der Waals surface area contributed by atoms with Crippen LogP contribution in [-0.4, -0.2) is 35.0 Å². The lowest BCUT2D eigenvalue weighted by atomic mass is 10.1. The zero-order valence-corrected chi connectivity index (χ0v) is 15.6. The van der Waals surface area contributed by atoms with Gasteiger partial charge in [0.15, 0.2) is 5.17 Å². The first-order valence-corrected chi connectivity index (χ1v) is 8.91. The first-order valence-electron chi connectivity index (χ1n) is 8.09. The Morgan fingerprint density at radius 1 is 1.22 bits per heavy atom. The number of amidine groups is 1. The van der Waals surface area contributed by atoms with Crippen molar-refractivity contribution < 1.29 is 14.5 Å². The van der Waals surface area contributed by atoms with E-state index >= 15 is 0 Å². The molecule has 1 aliphatic rings. The summed E-state index contributed by atoms with van der Waals surface area (Å²) in [7, 11) is 3.34. The third-order valence-electron chi connectivity index (χ3n) is 3.94. The zero-order valence-electron chi connectivity index (χ0n) is 14.8. The molecule has 0 N–H and O–H groups in total. The quantitative estimate of drug-likeness (QED) is 0.446. The van der Waals surface area contributed by atoms with Gasteiger partial charge in [-0.15, -0.1) is 0 Å². The van der Waals surface area contributed by atoms with Gasteiger partial charge in [-0.3, -0.25) is 24.8 Å². The van der Waals surface area contributed by atoms with Crippen molar-refractivity contribution in [3.8, 4) is 5.75 Å². The van der Waals surface area contributed by atoms with Gasteiger partial charge in [0, 0.05) is 31.8 Å². The van der Waals surface area contributed by atoms with Gasteiger partial charge in [0.2, 0.25) is 0 Å². The van der Waals surface area contributed by atoms with Crippen LogP contribution in [0.1, 0.15) is 11.1 Å². The van der Waals surface area contributed by atoms with Crippen LogP contribution in [0.15, 0.2) is 58.4 Å². The minimum atomic E-state index is -0.437. The number of nitro benzene ring substituents is 1. The highest BCUT2D eigenvalue weighted by atomic mass is 32.2. The fraction of sp³-hybridized carbons (Fsp3) is 0.158. The summed E-state index contributed by atoms with van der Waals surface area (Å²) in [5, 5.41) is 11.4. The van der Waals surface area contributed by atoms with Gasteiger partial charge in [-0.05, 0) is 41.6 Å². The number of likely N-dealkylation sites (N-methyl/N-ethyl adjacent to an activating group) is 1. The SMILES string of the molecule is CN=C1S/C(=C/c2ccccc2OCc2ccc([N+](=O)[O-])cc2)C(=O)N1C. The molecule has 138 valence electrons. The number of amides is 1. The summed E-state index contributed by atoms with van der Waals surface area (Å²) < 4.78 is 5.87. The highest BCUT2D eigenvalue weighted by molar-refractivity contribution is 8.18. The number of hydrogen-bond acceptors (Lipinski definition) is 6. The van der Waals surface area contributed by atoms with Crippen molar-refractivity contribution in [2.45, 2.75) is 6.61 Å². The predicted octanol–water partition coefficient (Wildman–Crippen LogP) is 3.71. The number of non-ortho nitro benzene ring substituents is 1. The van der Waals surface area contributed by atoms with Crippen molar-refractivity contribution in [3.63, 3.8) is 0 Å². The summed E-state index contributed by atoms with van der Waals surface area (Å²) in [6, 6.07) is 13.6. The van der Waals surface area contributed by atoms with Crippen molar-refractivity contribution in [1.29, 1.82) is 0 Å². The Morgan fingerprint density at radius 3 is 2.56 bits per heavy atom. The van der Waals surface area contributed by atoms with E-state index in [2.05, 4.69) is 4.99 Å². The number of hydrogen-bond donors (Lipinski definition) is 0. The molecule has 1 fully saturated rings. The zero-order chi connectivity index (χ0) is 19.4. The Balaban J connectivity index is 1.77. The maximum absolute atomic E-state index is 12.3. The van der Waals surface area contributed by atoms with Crippen molar-refractivity contribution in [1.82, 2.24) is 4.90 Å². The van der Waals surface area contributed by atoms with Crippen LogP contribution < -0.4 is 4.74 Å². The summed E-state index contributed by atoms with van der Waals surface area (Å²) in [5.41, 5.74) is 1.63. The normalized spacial score (nSPS) is 17.0. The predicted molar refractivity (Wildman–Crippen MR) is 106 cm³/mol. The van der Waals surface area contributed by atoms with Crippen LogP contribution in [0, 0.1) is 10.1 Å². The van der Waals surface area contributed by atoms with Crippen molar-refractivity contribution in [3.05, 3.63) is 74.7 Å². The second-order valence-electron chi connectivity index (χ2n) is 5.73. The maximum atomic E-state index is 12.3. The molecule has 1 amide bonds. The van der Waals surface area contributed by atoms with Gasteiger partial charge in [-0.25, -0.2) is 0 Å². The number of nitrogens with zero attached hydrogens (tertiary/aromatic N) is 3. The number of rotatable bonds is 5. The molecule has 0 unspecified atom stereocenters. The van der Waals surface area contributed by atoms with E-state index in [1.165, 1.54) is 28.8 Å². The minimum absolute atomic E-state index is 0.0400. The fourth-order valence-corrected chi connectivity index (χ4v) is 3.41. The van der Waals surface area contributed by atoms with Crippen LogP contribution in [0.3, 0.4) is 0 Å². The second kappa shape index (κ2) is 8.05. The first kappa shape index (κ1) is 18.7. The molecule has 2 aromatic rings. The summed E-state index contributed by atoms with van der Waals surface area (Å²) in [5.74, 6) is 0.520. The molecule has 1 aliphatic heterocycles. The van der Waals surface area contributed by atoms with Crippen LogP contribution in [-0.2, 0) is 11.4 Å². The van der Waals surface area contributed by atoms with Crippen LogP contribution in [0.2, 0.25) is 0 Å². The van der Waals surface area contributed by atoms with Gasteiger partial charge in [0.25, 0.3) is 11.6 Å². The lowest BCUT2D eigenvalue weighted by Gasteiger charge is -2.09. The van der Waals surface area contributed by atoms with Crippen molar-refractivity contribution in [2.75, 3.05) is 14.1 Å². The lowest BCUT2D eigenvalue weighted by Crippen LogP contribution is -2.23. The summed E-state index contributed by atoms with van der Waals surface area (Å²) in [4.78, 5) is 28.8. The average molecular weight is 383 g/mol. The number of ether oxygens (including phenoxy) is 1. The van der Waals surface area contributed by atoms with E-state index < -0.39 is 4.92 Å². The Bertz CT molecular complexity index is 938. The summed E-state index contributed by atoms with van der Waals surface area (Å²) in [6.45, 7) is 0.265. The molecule has 0 saturated carbocycles. The van der Waals surface area contributed by atoms with Crippen LogP contribution in [0.25, 0.3) is 6.08 Å². The highest BCUT2D eigenvalue weighted by Crippen LogP contribution is 2.33. The minimum Gasteiger partial charge on any atom is -0.488 e. The number of thioether (sulfide) groups is 1. The molecule has 0 spiro atoms. The van der Waals surface area contributed by atoms with E-state index in [0.29, 0.717) is 15.8 Å². The molecule has 0 bridgehead atoms. The van der Waals surface area contributed by atoms with Crippen molar-refractivity contribution >= 4 is 34.6 Å². The number of nitro groups is 1. The fourth-order valence-electron chi connectivity index (χ4n) is 2.50. The Labute approximate surface area is 160 Å². The molecule has 1 saturated heterocycles. The van der Waals surface area contributed by atoms with E-state index in [4.69, 9.17) is 4.74 Å². The molecule has 2 aromatic carbocycles. The molecule has 3 rings (SSSR count). The number of carbonyl (C=O) groups excluding carboxylic acids is 1. The van der Waals surface area contributed by atoms with Crippen LogP contribution in [0.4, 0.5) is 5.69 Å². The Kier molecular flexibility index (Phi) is 5.56. The van der Waals surface area contributed by atoms with Gasteiger partial charge in [0.05, 0.1) is 9.83 Å². The molecular formula is C19H17N3O4S. The van der Waals surface area contributed by atoms with Gasteiger partial charge in [-0.2, -0.15) is 0 Å². The average Bonchev–Trinajstić information content (AvgIpc) is 2.95. The third kappa shape index (κ3) is 4.17. The van der Waals surface area contributed by atoms with E-state index in [1.807, 2.05) is 24.3 Å². The largest absolute Gasteiger partial charge is 0.488 e. The highest BCUT2D eigenvalue weighted by Gasteiger charge is 2.29. The number of para-hydroxylation sites is 1.